The Morgan fingerprint density at radius 3 is 2.53 bits per heavy atom. The topological polar surface area (TPSA) is 41.2 Å². The van der Waals surface area contributed by atoms with Gasteiger partial charge in [0.15, 0.2) is 0 Å². The van der Waals surface area contributed by atoms with Crippen LogP contribution in [0.15, 0.2) is 54.6 Å². The molecule has 154 valence electrons. The third kappa shape index (κ3) is 4.03. The van der Waals surface area contributed by atoms with E-state index in [-0.39, 0.29) is 18.0 Å². The Bertz CT molecular complexity index is 1160. The summed E-state index contributed by atoms with van der Waals surface area (Å²) in [5, 5.41) is 0. The summed E-state index contributed by atoms with van der Waals surface area (Å²) in [5.41, 5.74) is 4.01. The zero-order valence-electron chi connectivity index (χ0n) is 17.1. The first-order chi connectivity index (χ1) is 14.5. The molecular weight excluding hydrogens is 397 g/mol. The van der Waals surface area contributed by atoms with Crippen LogP contribution in [-0.4, -0.2) is 40.2 Å². The van der Waals surface area contributed by atoms with Crippen LogP contribution < -0.4 is 0 Å². The fourth-order valence-corrected chi connectivity index (χ4v) is 5.12. The van der Waals surface area contributed by atoms with Gasteiger partial charge in [0, 0.05) is 24.5 Å². The van der Waals surface area contributed by atoms with Crippen molar-refractivity contribution in [3.8, 4) is 21.1 Å². The Morgan fingerprint density at radius 2 is 1.77 bits per heavy atom. The lowest BCUT2D eigenvalue weighted by molar-refractivity contribution is -0.0704. The van der Waals surface area contributed by atoms with Gasteiger partial charge in [-0.15, -0.1) is 11.3 Å². The monoisotopic (exact) mass is 421 g/mol. The lowest BCUT2D eigenvalue weighted by Crippen LogP contribution is -2.44. The second kappa shape index (κ2) is 7.95. The van der Waals surface area contributed by atoms with Crippen molar-refractivity contribution in [1.29, 1.82) is 0 Å². The second-order valence-electron chi connectivity index (χ2n) is 8.06. The van der Waals surface area contributed by atoms with Crippen LogP contribution in [-0.2, 0) is 11.3 Å². The van der Waals surface area contributed by atoms with Gasteiger partial charge in [0.05, 0.1) is 28.1 Å². The van der Waals surface area contributed by atoms with Gasteiger partial charge in [0.2, 0.25) is 0 Å². The maximum absolute atomic E-state index is 13.4. The molecule has 0 saturated carbocycles. The van der Waals surface area contributed by atoms with Crippen molar-refractivity contribution in [3.63, 3.8) is 0 Å². The van der Waals surface area contributed by atoms with Crippen LogP contribution >= 0.6 is 11.3 Å². The number of thiophene rings is 1. The van der Waals surface area contributed by atoms with E-state index in [1.807, 2.05) is 0 Å². The summed E-state index contributed by atoms with van der Waals surface area (Å²) in [6.07, 6.45) is 0.569. The number of hydrogen-bond donors (Lipinski definition) is 1. The average Bonchev–Trinajstić information content (AvgIpc) is 3.34. The molecule has 1 aliphatic heterocycles. The van der Waals surface area contributed by atoms with Crippen molar-refractivity contribution in [2.24, 2.45) is 0 Å². The molecule has 0 amide bonds. The number of hydrogen-bond acceptors (Lipinski definition) is 4. The minimum absolute atomic E-state index is 0.259. The predicted octanol–water partition coefficient (Wildman–Crippen LogP) is 5.71. The molecule has 4 aromatic rings. The molecule has 1 N–H and O–H groups in total. The summed E-state index contributed by atoms with van der Waals surface area (Å²) in [6.45, 7) is 7.17. The molecule has 1 saturated heterocycles. The minimum atomic E-state index is -0.259. The van der Waals surface area contributed by atoms with Crippen LogP contribution in [0.5, 0.6) is 0 Å². The number of aromatic nitrogens is 2. The standard InChI is InChI=1S/C24H24FN3OS/c1-15-12-28(13-16(2)29-15)14-17-3-5-18(6-4-17)22-9-10-23(30-22)24-26-20-8-7-19(25)11-21(20)27-24/h3-11,15-16H,12-14H2,1-2H3,(H,26,27). The molecule has 2 atom stereocenters. The van der Waals surface area contributed by atoms with Gasteiger partial charge in [0.1, 0.15) is 11.6 Å². The van der Waals surface area contributed by atoms with Crippen LogP contribution in [0.4, 0.5) is 4.39 Å². The first-order valence-electron chi connectivity index (χ1n) is 10.3. The molecule has 0 bridgehead atoms. The number of aromatic amines is 1. The number of morpholine rings is 1. The Morgan fingerprint density at radius 1 is 1.03 bits per heavy atom. The lowest BCUT2D eigenvalue weighted by Gasteiger charge is -2.35. The molecule has 0 spiro atoms. The summed E-state index contributed by atoms with van der Waals surface area (Å²) in [6, 6.07) is 17.6. The van der Waals surface area contributed by atoms with E-state index >= 15 is 0 Å². The van der Waals surface area contributed by atoms with Gasteiger partial charge in [-0.25, -0.2) is 9.37 Å². The predicted molar refractivity (Wildman–Crippen MR) is 120 cm³/mol. The molecule has 5 rings (SSSR count). The second-order valence-corrected chi connectivity index (χ2v) is 9.14. The summed E-state index contributed by atoms with van der Waals surface area (Å²) < 4.78 is 19.3. The fraction of sp³-hybridized carbons (Fsp3) is 0.292. The number of halogens is 1. The maximum Gasteiger partial charge on any atom is 0.148 e. The molecule has 1 aliphatic rings. The highest BCUT2D eigenvalue weighted by atomic mass is 32.1. The van der Waals surface area contributed by atoms with E-state index in [0.29, 0.717) is 0 Å². The van der Waals surface area contributed by atoms with E-state index in [1.165, 1.54) is 28.1 Å². The van der Waals surface area contributed by atoms with Gasteiger partial charge in [-0.3, -0.25) is 4.90 Å². The number of benzene rings is 2. The van der Waals surface area contributed by atoms with Gasteiger partial charge in [-0.2, -0.15) is 0 Å². The van der Waals surface area contributed by atoms with Crippen LogP contribution in [0.25, 0.3) is 32.2 Å². The van der Waals surface area contributed by atoms with Crippen molar-refractivity contribution >= 4 is 22.4 Å². The number of fused-ring (bicyclic) bond motifs is 1. The Balaban J connectivity index is 1.32. The molecule has 0 radical (unpaired) electrons. The van der Waals surface area contributed by atoms with E-state index in [4.69, 9.17) is 4.74 Å². The third-order valence-corrected chi connectivity index (χ3v) is 6.56. The zero-order valence-corrected chi connectivity index (χ0v) is 17.9. The molecule has 6 heteroatoms. The third-order valence-electron chi connectivity index (χ3n) is 5.42. The number of ether oxygens (including phenoxy) is 1. The van der Waals surface area contributed by atoms with Crippen molar-refractivity contribution in [2.75, 3.05) is 13.1 Å². The number of nitrogens with one attached hydrogen (secondary N) is 1. The molecular formula is C24H24FN3OS. The van der Waals surface area contributed by atoms with E-state index < -0.39 is 0 Å². The average molecular weight is 422 g/mol. The van der Waals surface area contributed by atoms with Gasteiger partial charge in [0.25, 0.3) is 0 Å². The Hall–Kier alpha value is -2.54. The van der Waals surface area contributed by atoms with Crippen LogP contribution in [0.3, 0.4) is 0 Å². The highest BCUT2D eigenvalue weighted by Gasteiger charge is 2.22. The summed E-state index contributed by atoms with van der Waals surface area (Å²) in [5.74, 6) is 0.518. The van der Waals surface area contributed by atoms with Crippen LogP contribution in [0, 0.1) is 5.82 Å². The highest BCUT2D eigenvalue weighted by Crippen LogP contribution is 2.34. The Kier molecular flexibility index (Phi) is 5.15. The first-order valence-corrected chi connectivity index (χ1v) is 11.1. The van der Waals surface area contributed by atoms with Crippen molar-refractivity contribution in [3.05, 3.63) is 66.0 Å². The Labute approximate surface area is 179 Å². The number of nitrogens with zero attached hydrogens (tertiary/aromatic N) is 2. The minimum Gasteiger partial charge on any atom is -0.373 e. The number of H-pyrrole nitrogens is 1. The van der Waals surface area contributed by atoms with Gasteiger partial charge in [-0.1, -0.05) is 24.3 Å². The van der Waals surface area contributed by atoms with Crippen molar-refractivity contribution in [1.82, 2.24) is 14.9 Å². The molecule has 2 aromatic carbocycles. The smallest absolute Gasteiger partial charge is 0.148 e. The highest BCUT2D eigenvalue weighted by molar-refractivity contribution is 7.18. The normalized spacial score (nSPS) is 20.1. The molecule has 1 fully saturated rings. The molecule has 3 heterocycles. The summed E-state index contributed by atoms with van der Waals surface area (Å²) >= 11 is 1.69. The van der Waals surface area contributed by atoms with Gasteiger partial charge in [-0.05, 0) is 55.3 Å². The van der Waals surface area contributed by atoms with Crippen LogP contribution in [0.2, 0.25) is 0 Å². The largest absolute Gasteiger partial charge is 0.373 e. The van der Waals surface area contributed by atoms with Gasteiger partial charge < -0.3 is 9.72 Å². The molecule has 2 unspecified atom stereocenters. The maximum atomic E-state index is 13.4. The zero-order chi connectivity index (χ0) is 20.7. The summed E-state index contributed by atoms with van der Waals surface area (Å²) in [7, 11) is 0. The van der Waals surface area contributed by atoms with E-state index in [9.17, 15) is 4.39 Å². The first kappa shape index (κ1) is 19.4. The van der Waals surface area contributed by atoms with Gasteiger partial charge >= 0.3 is 0 Å². The SMILES string of the molecule is CC1CN(Cc2ccc(-c3ccc(-c4nc5ccc(F)cc5[nH]4)s3)cc2)CC(C)O1. The van der Waals surface area contributed by atoms with Crippen molar-refractivity contribution < 1.29 is 9.13 Å². The van der Waals surface area contributed by atoms with Crippen LogP contribution in [0.1, 0.15) is 19.4 Å². The number of rotatable bonds is 4. The molecule has 2 aromatic heterocycles. The van der Waals surface area contributed by atoms with E-state index in [2.05, 4.69) is 65.1 Å². The molecule has 4 nitrogen and oxygen atoms in total. The lowest BCUT2D eigenvalue weighted by atomic mass is 10.1. The fourth-order valence-electron chi connectivity index (χ4n) is 4.16. The van der Waals surface area contributed by atoms with Crippen molar-refractivity contribution in [2.45, 2.75) is 32.6 Å². The molecule has 30 heavy (non-hydrogen) atoms. The number of imidazole rings is 1. The quantitative estimate of drug-likeness (QED) is 0.459. The molecule has 0 aliphatic carbocycles. The summed E-state index contributed by atoms with van der Waals surface area (Å²) in [4.78, 5) is 12.5. The van der Waals surface area contributed by atoms with E-state index in [1.54, 1.807) is 17.4 Å². The van der Waals surface area contributed by atoms with E-state index in [0.717, 1.165) is 41.4 Å².